The minimum atomic E-state index is -1.34. The molecule has 4 aliphatic carbocycles. The van der Waals surface area contributed by atoms with E-state index in [1.165, 1.54) is 12.8 Å². The van der Waals surface area contributed by atoms with Crippen molar-refractivity contribution in [2.45, 2.75) is 83.3 Å². The third kappa shape index (κ3) is 2.26. The van der Waals surface area contributed by atoms with Crippen LogP contribution in [0.2, 0.25) is 0 Å². The van der Waals surface area contributed by atoms with Gasteiger partial charge < -0.3 is 15.3 Å². The SMILES string of the molecule is C[C@]12CC[C@H](O)C[C@@H]1CC[C@H]1[C@H]2CC[C@]2(C)[C@@H]1CC[C@@]2(O)C(=O)CO. The van der Waals surface area contributed by atoms with Crippen LogP contribution >= 0.6 is 0 Å². The maximum Gasteiger partial charge on any atom is 0.190 e. The van der Waals surface area contributed by atoms with Crippen LogP contribution in [0.1, 0.15) is 71.6 Å². The molecule has 4 rings (SSSR count). The second kappa shape index (κ2) is 5.77. The second-order valence-corrected chi connectivity index (χ2v) is 10.0. The minimum absolute atomic E-state index is 0.123. The molecule has 0 saturated heterocycles. The molecular weight excluding hydrogens is 316 g/mol. The highest BCUT2D eigenvalue weighted by atomic mass is 16.3. The summed E-state index contributed by atoms with van der Waals surface area (Å²) in [5, 5.41) is 30.7. The van der Waals surface area contributed by atoms with Crippen LogP contribution in [0.15, 0.2) is 0 Å². The average molecular weight is 350 g/mol. The van der Waals surface area contributed by atoms with Crippen molar-refractivity contribution in [1.29, 1.82) is 0 Å². The molecule has 0 heterocycles. The van der Waals surface area contributed by atoms with E-state index in [2.05, 4.69) is 13.8 Å². The molecule has 0 radical (unpaired) electrons. The van der Waals surface area contributed by atoms with E-state index in [-0.39, 0.29) is 17.3 Å². The molecule has 0 spiro atoms. The maximum absolute atomic E-state index is 12.4. The highest BCUT2D eigenvalue weighted by molar-refractivity contribution is 5.89. The van der Waals surface area contributed by atoms with Crippen molar-refractivity contribution in [3.05, 3.63) is 0 Å². The van der Waals surface area contributed by atoms with Crippen LogP contribution in [0.3, 0.4) is 0 Å². The molecule has 0 aliphatic heterocycles. The van der Waals surface area contributed by atoms with Crippen molar-refractivity contribution in [1.82, 2.24) is 0 Å². The monoisotopic (exact) mass is 350 g/mol. The van der Waals surface area contributed by atoms with Gasteiger partial charge in [-0.25, -0.2) is 0 Å². The van der Waals surface area contributed by atoms with Gasteiger partial charge in [-0.1, -0.05) is 13.8 Å². The van der Waals surface area contributed by atoms with Gasteiger partial charge in [0, 0.05) is 5.41 Å². The summed E-state index contributed by atoms with van der Waals surface area (Å²) in [7, 11) is 0. The Morgan fingerprint density at radius 1 is 1.00 bits per heavy atom. The zero-order chi connectivity index (χ0) is 18.0. The van der Waals surface area contributed by atoms with E-state index in [4.69, 9.17) is 0 Å². The molecule has 4 aliphatic rings. The molecule has 4 fully saturated rings. The number of Topliss-reactive ketones (excluding diaryl/α,β-unsaturated/α-hetero) is 1. The standard InChI is InChI=1S/C21H34O4/c1-19-8-5-14(23)11-13(19)3-4-15-16(19)6-9-20(2)17(15)7-10-21(20,25)18(24)12-22/h13-17,22-23,25H,3-12H2,1-2H3/t13-,14-,15-,16+,17+,19-,20+,21+/m0/s1. The molecule has 0 amide bonds. The second-order valence-electron chi connectivity index (χ2n) is 10.0. The van der Waals surface area contributed by atoms with Gasteiger partial charge in [-0.2, -0.15) is 0 Å². The van der Waals surface area contributed by atoms with Crippen LogP contribution in [0.5, 0.6) is 0 Å². The van der Waals surface area contributed by atoms with Crippen LogP contribution in [-0.2, 0) is 4.79 Å². The lowest BCUT2D eigenvalue weighted by atomic mass is 9.44. The molecule has 0 aromatic heterocycles. The van der Waals surface area contributed by atoms with Crippen LogP contribution in [0, 0.1) is 34.5 Å². The lowest BCUT2D eigenvalue weighted by molar-refractivity contribution is -0.174. The Labute approximate surface area is 151 Å². The Hall–Kier alpha value is -0.450. The summed E-state index contributed by atoms with van der Waals surface area (Å²) < 4.78 is 0. The first kappa shape index (κ1) is 17.9. The molecule has 3 N–H and O–H groups in total. The van der Waals surface area contributed by atoms with Crippen LogP contribution in [0.4, 0.5) is 0 Å². The summed E-state index contributed by atoms with van der Waals surface area (Å²) >= 11 is 0. The molecule has 0 aromatic rings. The lowest BCUT2D eigenvalue weighted by Gasteiger charge is -2.61. The van der Waals surface area contributed by atoms with Crippen molar-refractivity contribution < 1.29 is 20.1 Å². The molecular formula is C21H34O4. The Kier molecular flexibility index (Phi) is 4.14. The van der Waals surface area contributed by atoms with Crippen molar-refractivity contribution in [2.75, 3.05) is 6.61 Å². The van der Waals surface area contributed by atoms with Gasteiger partial charge in [0.2, 0.25) is 0 Å². The summed E-state index contributed by atoms with van der Waals surface area (Å²) in [6.45, 7) is 4.00. The molecule has 4 heteroatoms. The first-order valence-corrected chi connectivity index (χ1v) is 10.3. The summed E-state index contributed by atoms with van der Waals surface area (Å²) in [4.78, 5) is 12.4. The van der Waals surface area contributed by atoms with E-state index in [9.17, 15) is 20.1 Å². The van der Waals surface area contributed by atoms with E-state index in [1.54, 1.807) is 0 Å². The average Bonchev–Trinajstić information content (AvgIpc) is 2.87. The fraction of sp³-hybridized carbons (Fsp3) is 0.952. The van der Waals surface area contributed by atoms with Crippen molar-refractivity contribution in [3.8, 4) is 0 Å². The van der Waals surface area contributed by atoms with Crippen molar-refractivity contribution in [2.24, 2.45) is 34.5 Å². The molecule has 0 bridgehead atoms. The van der Waals surface area contributed by atoms with Gasteiger partial charge in [0.05, 0.1) is 6.10 Å². The van der Waals surface area contributed by atoms with Gasteiger partial charge >= 0.3 is 0 Å². The number of carbonyl (C=O) groups excluding carboxylic acids is 1. The molecule has 0 aromatic carbocycles. The fourth-order valence-corrected chi connectivity index (χ4v) is 7.84. The normalized spacial score (nSPS) is 55.2. The summed E-state index contributed by atoms with van der Waals surface area (Å²) in [5.41, 5.74) is -1.41. The third-order valence-corrected chi connectivity index (χ3v) is 9.39. The fourth-order valence-electron chi connectivity index (χ4n) is 7.84. The quantitative estimate of drug-likeness (QED) is 0.715. The van der Waals surface area contributed by atoms with Crippen molar-refractivity contribution >= 4 is 5.78 Å². The summed E-state index contributed by atoms with van der Waals surface area (Å²) in [6.07, 6.45) is 8.58. The van der Waals surface area contributed by atoms with Crippen LogP contribution in [0.25, 0.3) is 0 Å². The molecule has 4 nitrogen and oxygen atoms in total. The predicted molar refractivity (Wildman–Crippen MR) is 94.8 cm³/mol. The first-order valence-electron chi connectivity index (χ1n) is 10.3. The number of ketones is 1. The first-order chi connectivity index (χ1) is 11.8. The zero-order valence-corrected chi connectivity index (χ0v) is 15.7. The number of hydrogen-bond donors (Lipinski definition) is 3. The highest BCUT2D eigenvalue weighted by Gasteiger charge is 2.66. The molecule has 8 atom stereocenters. The van der Waals surface area contributed by atoms with Gasteiger partial charge in [0.15, 0.2) is 5.78 Å². The Morgan fingerprint density at radius 3 is 2.44 bits per heavy atom. The molecule has 0 unspecified atom stereocenters. The molecule has 142 valence electrons. The molecule has 25 heavy (non-hydrogen) atoms. The van der Waals surface area contributed by atoms with E-state index in [0.29, 0.717) is 35.5 Å². The minimum Gasteiger partial charge on any atom is -0.393 e. The predicted octanol–water partition coefficient (Wildman–Crippen LogP) is 2.68. The van der Waals surface area contributed by atoms with Gasteiger partial charge in [-0.15, -0.1) is 0 Å². The van der Waals surface area contributed by atoms with Gasteiger partial charge in [0.1, 0.15) is 12.2 Å². The summed E-state index contributed by atoms with van der Waals surface area (Å²) in [5.74, 6) is 1.87. The number of carbonyl (C=O) groups is 1. The van der Waals surface area contributed by atoms with Gasteiger partial charge in [0.25, 0.3) is 0 Å². The Bertz CT molecular complexity index is 562. The van der Waals surface area contributed by atoms with Crippen molar-refractivity contribution in [3.63, 3.8) is 0 Å². The Balaban J connectivity index is 1.63. The van der Waals surface area contributed by atoms with E-state index in [1.807, 2.05) is 0 Å². The van der Waals surface area contributed by atoms with E-state index in [0.717, 1.165) is 38.5 Å². The highest BCUT2D eigenvalue weighted by Crippen LogP contribution is 2.68. The zero-order valence-electron chi connectivity index (χ0n) is 15.7. The summed E-state index contributed by atoms with van der Waals surface area (Å²) in [6, 6.07) is 0. The Morgan fingerprint density at radius 2 is 1.72 bits per heavy atom. The van der Waals surface area contributed by atoms with Crippen LogP contribution < -0.4 is 0 Å². The molecule has 4 saturated carbocycles. The third-order valence-electron chi connectivity index (χ3n) is 9.39. The van der Waals surface area contributed by atoms with E-state index < -0.39 is 12.2 Å². The number of hydrogen-bond acceptors (Lipinski definition) is 4. The van der Waals surface area contributed by atoms with E-state index >= 15 is 0 Å². The number of aliphatic hydroxyl groups excluding tert-OH is 2. The number of aliphatic hydroxyl groups is 3. The van der Waals surface area contributed by atoms with Gasteiger partial charge in [-0.3, -0.25) is 4.79 Å². The topological polar surface area (TPSA) is 77.8 Å². The lowest BCUT2D eigenvalue weighted by Crippen LogP contribution is -2.59. The van der Waals surface area contributed by atoms with Gasteiger partial charge in [-0.05, 0) is 86.9 Å². The maximum atomic E-state index is 12.4. The smallest absolute Gasteiger partial charge is 0.190 e. The number of rotatable bonds is 2. The largest absolute Gasteiger partial charge is 0.393 e. The number of fused-ring (bicyclic) bond motifs is 5. The van der Waals surface area contributed by atoms with Crippen LogP contribution in [-0.4, -0.2) is 39.4 Å².